The first kappa shape index (κ1) is 16.2. The fourth-order valence-electron chi connectivity index (χ4n) is 2.18. The molecule has 0 aliphatic rings. The van der Waals surface area contributed by atoms with E-state index in [1.165, 1.54) is 12.1 Å². The van der Waals surface area contributed by atoms with Gasteiger partial charge in [-0.2, -0.15) is 0 Å². The van der Waals surface area contributed by atoms with E-state index in [-0.39, 0.29) is 23.9 Å². The largest absolute Gasteiger partial charge is 0.478 e. The molecule has 0 saturated heterocycles. The van der Waals surface area contributed by atoms with Gasteiger partial charge >= 0.3 is 5.97 Å². The predicted octanol–water partition coefficient (Wildman–Crippen LogP) is 3.57. The van der Waals surface area contributed by atoms with E-state index in [1.807, 2.05) is 37.3 Å². The number of hydrogen-bond acceptors (Lipinski definition) is 2. The third-order valence-electron chi connectivity index (χ3n) is 3.25. The first-order chi connectivity index (χ1) is 10.5. The van der Waals surface area contributed by atoms with Crippen molar-refractivity contribution in [3.8, 4) is 0 Å². The highest BCUT2D eigenvalue weighted by Crippen LogP contribution is 2.17. The van der Waals surface area contributed by atoms with Crippen LogP contribution in [0.25, 0.3) is 0 Å². The van der Waals surface area contributed by atoms with Crippen LogP contribution in [0.2, 0.25) is 0 Å². The Labute approximate surface area is 137 Å². The van der Waals surface area contributed by atoms with Crippen LogP contribution in [0.1, 0.15) is 34.5 Å². The van der Waals surface area contributed by atoms with Crippen molar-refractivity contribution in [2.24, 2.45) is 0 Å². The summed E-state index contributed by atoms with van der Waals surface area (Å²) in [6, 6.07) is 14.3. The summed E-state index contributed by atoms with van der Waals surface area (Å²) in [5.41, 5.74) is 1.84. The molecule has 0 heterocycles. The van der Waals surface area contributed by atoms with Crippen LogP contribution in [0.3, 0.4) is 0 Å². The van der Waals surface area contributed by atoms with E-state index >= 15 is 0 Å². The highest BCUT2D eigenvalue weighted by atomic mass is 79.9. The minimum atomic E-state index is -1.01. The van der Waals surface area contributed by atoms with Crippen molar-refractivity contribution >= 4 is 27.8 Å². The van der Waals surface area contributed by atoms with Crippen LogP contribution in [0.15, 0.2) is 53.0 Å². The standard InChI is InChI=1S/C17H16BrNO3/c1-11(13-5-3-2-4-6-13)19-16(20)9-12-7-14(17(21)22)10-15(18)8-12/h2-8,10-11H,9H2,1H3,(H,19,20)(H,21,22)/t11-/m1/s1. The van der Waals surface area contributed by atoms with Gasteiger partial charge in [-0.15, -0.1) is 0 Å². The second kappa shape index (κ2) is 7.22. The van der Waals surface area contributed by atoms with Crippen molar-refractivity contribution in [1.82, 2.24) is 5.32 Å². The quantitative estimate of drug-likeness (QED) is 0.855. The molecule has 5 heteroatoms. The van der Waals surface area contributed by atoms with Gasteiger partial charge in [-0.1, -0.05) is 46.3 Å². The SMILES string of the molecule is C[C@@H](NC(=O)Cc1cc(Br)cc(C(=O)O)c1)c1ccccc1. The van der Waals surface area contributed by atoms with E-state index in [1.54, 1.807) is 6.07 Å². The number of nitrogens with one attached hydrogen (secondary N) is 1. The molecular weight excluding hydrogens is 346 g/mol. The molecular formula is C17H16BrNO3. The van der Waals surface area contributed by atoms with Crippen LogP contribution in [0, 0.1) is 0 Å². The van der Waals surface area contributed by atoms with E-state index < -0.39 is 5.97 Å². The molecule has 0 spiro atoms. The second-order valence-corrected chi connectivity index (χ2v) is 5.95. The van der Waals surface area contributed by atoms with Crippen LogP contribution < -0.4 is 5.32 Å². The topological polar surface area (TPSA) is 66.4 Å². The summed E-state index contributed by atoms with van der Waals surface area (Å²) in [7, 11) is 0. The Hall–Kier alpha value is -2.14. The van der Waals surface area contributed by atoms with Crippen molar-refractivity contribution in [3.63, 3.8) is 0 Å². The van der Waals surface area contributed by atoms with Gasteiger partial charge in [-0.05, 0) is 36.2 Å². The summed E-state index contributed by atoms with van der Waals surface area (Å²) >= 11 is 3.26. The van der Waals surface area contributed by atoms with Gasteiger partial charge < -0.3 is 10.4 Å². The van der Waals surface area contributed by atoms with E-state index in [9.17, 15) is 9.59 Å². The summed E-state index contributed by atoms with van der Waals surface area (Å²) in [4.78, 5) is 23.1. The van der Waals surface area contributed by atoms with Crippen LogP contribution >= 0.6 is 15.9 Å². The zero-order valence-corrected chi connectivity index (χ0v) is 13.6. The lowest BCUT2D eigenvalue weighted by molar-refractivity contribution is -0.121. The van der Waals surface area contributed by atoms with E-state index in [0.29, 0.717) is 10.0 Å². The van der Waals surface area contributed by atoms with E-state index in [4.69, 9.17) is 5.11 Å². The minimum Gasteiger partial charge on any atom is -0.478 e. The molecule has 2 aromatic carbocycles. The highest BCUT2D eigenvalue weighted by Gasteiger charge is 2.12. The Morgan fingerprint density at radius 3 is 2.50 bits per heavy atom. The number of hydrogen-bond donors (Lipinski definition) is 2. The number of carboxylic acids is 1. The lowest BCUT2D eigenvalue weighted by Gasteiger charge is -2.14. The molecule has 0 aliphatic carbocycles. The normalized spacial score (nSPS) is 11.7. The van der Waals surface area contributed by atoms with Gasteiger partial charge in [0.1, 0.15) is 0 Å². The average Bonchev–Trinajstić information content (AvgIpc) is 2.47. The summed E-state index contributed by atoms with van der Waals surface area (Å²) in [5.74, 6) is -1.16. The summed E-state index contributed by atoms with van der Waals surface area (Å²) in [6.45, 7) is 1.91. The molecule has 114 valence electrons. The molecule has 0 aromatic heterocycles. The molecule has 4 nitrogen and oxygen atoms in total. The number of aromatic carboxylic acids is 1. The average molecular weight is 362 g/mol. The zero-order chi connectivity index (χ0) is 16.1. The van der Waals surface area contributed by atoms with Crippen molar-refractivity contribution in [1.29, 1.82) is 0 Å². The van der Waals surface area contributed by atoms with E-state index in [0.717, 1.165) is 5.56 Å². The van der Waals surface area contributed by atoms with E-state index in [2.05, 4.69) is 21.2 Å². The van der Waals surface area contributed by atoms with Crippen molar-refractivity contribution in [3.05, 3.63) is 69.7 Å². The first-order valence-electron chi connectivity index (χ1n) is 6.83. The second-order valence-electron chi connectivity index (χ2n) is 5.03. The fraction of sp³-hybridized carbons (Fsp3) is 0.176. The Kier molecular flexibility index (Phi) is 5.33. The van der Waals surface area contributed by atoms with Crippen LogP contribution in [0.4, 0.5) is 0 Å². The molecule has 1 atom stereocenters. The van der Waals surface area contributed by atoms with Gasteiger partial charge in [0, 0.05) is 4.47 Å². The maximum absolute atomic E-state index is 12.1. The third-order valence-corrected chi connectivity index (χ3v) is 3.70. The van der Waals surface area contributed by atoms with Gasteiger partial charge in [0.2, 0.25) is 5.91 Å². The minimum absolute atomic E-state index is 0.0974. The Bertz CT molecular complexity index is 686. The highest BCUT2D eigenvalue weighted by molar-refractivity contribution is 9.10. The van der Waals surface area contributed by atoms with Gasteiger partial charge in [0.15, 0.2) is 0 Å². The Balaban J connectivity index is 2.05. The molecule has 0 fully saturated rings. The molecule has 0 unspecified atom stereocenters. The monoisotopic (exact) mass is 361 g/mol. The predicted molar refractivity (Wildman–Crippen MR) is 87.8 cm³/mol. The molecule has 2 rings (SSSR count). The number of carboxylic acid groups (broad SMARTS) is 1. The van der Waals surface area contributed by atoms with Crippen molar-refractivity contribution < 1.29 is 14.7 Å². The number of halogens is 1. The smallest absolute Gasteiger partial charge is 0.335 e. The van der Waals surface area contributed by atoms with Crippen LogP contribution in [0.5, 0.6) is 0 Å². The Morgan fingerprint density at radius 1 is 1.18 bits per heavy atom. The summed E-state index contributed by atoms with van der Waals surface area (Å²) in [5, 5.41) is 12.0. The number of carbonyl (C=O) groups is 2. The third kappa shape index (κ3) is 4.43. The number of carbonyl (C=O) groups excluding carboxylic acids is 1. The zero-order valence-electron chi connectivity index (χ0n) is 12.0. The maximum Gasteiger partial charge on any atom is 0.335 e. The molecule has 0 radical (unpaired) electrons. The molecule has 2 N–H and O–H groups in total. The lowest BCUT2D eigenvalue weighted by atomic mass is 10.1. The van der Waals surface area contributed by atoms with Crippen LogP contribution in [-0.2, 0) is 11.2 Å². The molecule has 0 bridgehead atoms. The van der Waals surface area contributed by atoms with Gasteiger partial charge in [0.05, 0.1) is 18.0 Å². The Morgan fingerprint density at radius 2 is 1.86 bits per heavy atom. The van der Waals surface area contributed by atoms with Crippen LogP contribution in [-0.4, -0.2) is 17.0 Å². The first-order valence-corrected chi connectivity index (χ1v) is 7.62. The summed E-state index contributed by atoms with van der Waals surface area (Å²) in [6.07, 6.45) is 0.136. The molecule has 22 heavy (non-hydrogen) atoms. The number of rotatable bonds is 5. The lowest BCUT2D eigenvalue weighted by Crippen LogP contribution is -2.28. The van der Waals surface area contributed by atoms with Gasteiger partial charge in [0.25, 0.3) is 0 Å². The molecule has 2 aromatic rings. The van der Waals surface area contributed by atoms with Crippen molar-refractivity contribution in [2.45, 2.75) is 19.4 Å². The molecule has 0 aliphatic heterocycles. The van der Waals surface area contributed by atoms with Gasteiger partial charge in [-0.3, -0.25) is 4.79 Å². The number of benzene rings is 2. The van der Waals surface area contributed by atoms with Gasteiger partial charge in [-0.25, -0.2) is 4.79 Å². The molecule has 0 saturated carbocycles. The number of amides is 1. The van der Waals surface area contributed by atoms with Crippen molar-refractivity contribution in [2.75, 3.05) is 0 Å². The maximum atomic E-state index is 12.1. The fourth-order valence-corrected chi connectivity index (χ4v) is 2.72. The summed E-state index contributed by atoms with van der Waals surface area (Å²) < 4.78 is 0.645. The molecule has 1 amide bonds.